The van der Waals surface area contributed by atoms with Crippen molar-refractivity contribution in [1.82, 2.24) is 15.2 Å². The smallest absolute Gasteiger partial charge is 0.275 e. The van der Waals surface area contributed by atoms with E-state index in [-0.39, 0.29) is 17.1 Å². The van der Waals surface area contributed by atoms with Crippen molar-refractivity contribution in [2.75, 3.05) is 7.11 Å². The van der Waals surface area contributed by atoms with Crippen molar-refractivity contribution in [3.05, 3.63) is 95.9 Å². The van der Waals surface area contributed by atoms with Crippen LogP contribution in [0.15, 0.2) is 84.1 Å². The van der Waals surface area contributed by atoms with Crippen LogP contribution in [0.1, 0.15) is 15.9 Å². The highest BCUT2D eigenvalue weighted by Crippen LogP contribution is 2.26. The third-order valence-electron chi connectivity index (χ3n) is 4.68. The maximum Gasteiger partial charge on any atom is 0.275 e. The standard InChI is InChI=1S/C24H19FN4O3/c1-32-22-13-16(7-12-21(22)30)14-26-27-24(31)20-15-29(19-5-3-2-4-6-19)28-23(20)17-8-10-18(25)11-9-17/h2-15,30H,1H3,(H,27,31). The molecule has 0 radical (unpaired) electrons. The zero-order valence-corrected chi connectivity index (χ0v) is 17.1. The first kappa shape index (κ1) is 20.8. The van der Waals surface area contributed by atoms with Crippen LogP contribution in [0.25, 0.3) is 16.9 Å². The van der Waals surface area contributed by atoms with Gasteiger partial charge in [0.25, 0.3) is 5.91 Å². The number of para-hydroxylation sites is 1. The molecule has 1 heterocycles. The molecule has 0 aliphatic carbocycles. The molecule has 0 spiro atoms. The monoisotopic (exact) mass is 430 g/mol. The van der Waals surface area contributed by atoms with Crippen LogP contribution in [0.5, 0.6) is 11.5 Å². The molecule has 4 aromatic rings. The number of phenolic OH excluding ortho intramolecular Hbond substituents is 1. The highest BCUT2D eigenvalue weighted by molar-refractivity contribution is 6.00. The molecule has 3 aromatic carbocycles. The molecule has 32 heavy (non-hydrogen) atoms. The summed E-state index contributed by atoms with van der Waals surface area (Å²) in [5, 5.41) is 18.2. The maximum absolute atomic E-state index is 13.4. The van der Waals surface area contributed by atoms with Crippen LogP contribution in [0, 0.1) is 5.82 Å². The van der Waals surface area contributed by atoms with E-state index in [0.717, 1.165) is 5.69 Å². The van der Waals surface area contributed by atoms with Gasteiger partial charge in [-0.2, -0.15) is 10.2 Å². The van der Waals surface area contributed by atoms with Gasteiger partial charge in [-0.15, -0.1) is 0 Å². The van der Waals surface area contributed by atoms with E-state index < -0.39 is 5.91 Å². The van der Waals surface area contributed by atoms with Crippen molar-refractivity contribution in [1.29, 1.82) is 0 Å². The lowest BCUT2D eigenvalue weighted by Gasteiger charge is -2.04. The Morgan fingerprint density at radius 3 is 2.59 bits per heavy atom. The summed E-state index contributed by atoms with van der Waals surface area (Å²) in [6.45, 7) is 0. The van der Waals surface area contributed by atoms with E-state index >= 15 is 0 Å². The summed E-state index contributed by atoms with van der Waals surface area (Å²) in [6, 6.07) is 19.8. The largest absolute Gasteiger partial charge is 0.504 e. The van der Waals surface area contributed by atoms with Crippen LogP contribution < -0.4 is 10.2 Å². The van der Waals surface area contributed by atoms with Gasteiger partial charge in [0.2, 0.25) is 0 Å². The average molecular weight is 430 g/mol. The second kappa shape index (κ2) is 9.13. The van der Waals surface area contributed by atoms with Gasteiger partial charge in [0.15, 0.2) is 11.5 Å². The number of nitrogens with zero attached hydrogens (tertiary/aromatic N) is 3. The van der Waals surface area contributed by atoms with Gasteiger partial charge in [0.1, 0.15) is 11.5 Å². The molecular weight excluding hydrogens is 411 g/mol. The lowest BCUT2D eigenvalue weighted by molar-refractivity contribution is 0.0955. The second-order valence-electron chi connectivity index (χ2n) is 6.81. The summed E-state index contributed by atoms with van der Waals surface area (Å²) < 4.78 is 20.0. The Balaban J connectivity index is 1.63. The van der Waals surface area contributed by atoms with E-state index in [2.05, 4.69) is 15.6 Å². The fraction of sp³-hybridized carbons (Fsp3) is 0.0417. The molecule has 160 valence electrons. The summed E-state index contributed by atoms with van der Waals surface area (Å²) in [4.78, 5) is 12.9. The first-order chi connectivity index (χ1) is 15.5. The minimum atomic E-state index is -0.478. The minimum absolute atomic E-state index is 0.00551. The van der Waals surface area contributed by atoms with E-state index in [1.807, 2.05) is 30.3 Å². The van der Waals surface area contributed by atoms with Crippen LogP contribution in [0.4, 0.5) is 4.39 Å². The Kier molecular flexibility index (Phi) is 5.94. The number of carbonyl (C=O) groups excluding carboxylic acids is 1. The van der Waals surface area contributed by atoms with Crippen LogP contribution in [0.2, 0.25) is 0 Å². The number of amides is 1. The first-order valence-corrected chi connectivity index (χ1v) is 9.66. The van der Waals surface area contributed by atoms with Crippen LogP contribution in [0.3, 0.4) is 0 Å². The molecule has 0 bridgehead atoms. The Morgan fingerprint density at radius 1 is 1.12 bits per heavy atom. The molecule has 0 aliphatic rings. The number of ether oxygens (including phenoxy) is 1. The van der Waals surface area contributed by atoms with Crippen LogP contribution in [-0.4, -0.2) is 34.1 Å². The van der Waals surface area contributed by atoms with Gasteiger partial charge in [0.05, 0.1) is 24.6 Å². The number of halogens is 1. The number of nitrogens with one attached hydrogen (secondary N) is 1. The predicted octanol–water partition coefficient (Wildman–Crippen LogP) is 4.16. The van der Waals surface area contributed by atoms with Crippen molar-refractivity contribution in [2.24, 2.45) is 5.10 Å². The normalized spacial score (nSPS) is 10.9. The molecule has 0 saturated heterocycles. The molecule has 1 amide bonds. The summed E-state index contributed by atoms with van der Waals surface area (Å²) in [5.74, 6) is -0.557. The lowest BCUT2D eigenvalue weighted by atomic mass is 10.1. The quantitative estimate of drug-likeness (QED) is 0.355. The summed E-state index contributed by atoms with van der Waals surface area (Å²) in [7, 11) is 1.44. The summed E-state index contributed by atoms with van der Waals surface area (Å²) in [5.41, 5.74) is 5.15. The van der Waals surface area contributed by atoms with Gasteiger partial charge in [-0.05, 0) is 60.2 Å². The zero-order valence-electron chi connectivity index (χ0n) is 17.1. The zero-order chi connectivity index (χ0) is 22.5. The number of aromatic nitrogens is 2. The molecule has 0 saturated carbocycles. The molecule has 0 fully saturated rings. The molecule has 8 heteroatoms. The number of hydrazone groups is 1. The Morgan fingerprint density at radius 2 is 1.88 bits per heavy atom. The Labute approximate surface area is 183 Å². The van der Waals surface area contributed by atoms with E-state index in [9.17, 15) is 14.3 Å². The molecule has 0 aliphatic heterocycles. The number of aromatic hydroxyl groups is 1. The van der Waals surface area contributed by atoms with Gasteiger partial charge in [-0.1, -0.05) is 18.2 Å². The Bertz CT molecular complexity index is 1270. The number of rotatable bonds is 6. The average Bonchev–Trinajstić information content (AvgIpc) is 3.27. The minimum Gasteiger partial charge on any atom is -0.504 e. The number of benzene rings is 3. The van der Waals surface area contributed by atoms with Gasteiger partial charge in [0, 0.05) is 11.8 Å². The molecule has 2 N–H and O–H groups in total. The molecule has 0 atom stereocenters. The van der Waals surface area contributed by atoms with Crippen molar-refractivity contribution in [3.63, 3.8) is 0 Å². The first-order valence-electron chi connectivity index (χ1n) is 9.66. The van der Waals surface area contributed by atoms with Gasteiger partial charge in [-0.25, -0.2) is 14.5 Å². The fourth-order valence-corrected chi connectivity index (χ4v) is 3.07. The van der Waals surface area contributed by atoms with E-state index in [1.54, 1.807) is 35.1 Å². The lowest BCUT2D eigenvalue weighted by Crippen LogP contribution is -2.18. The molecule has 1 aromatic heterocycles. The summed E-state index contributed by atoms with van der Waals surface area (Å²) >= 11 is 0. The van der Waals surface area contributed by atoms with Crippen molar-refractivity contribution < 1.29 is 19.0 Å². The maximum atomic E-state index is 13.4. The van der Waals surface area contributed by atoms with Crippen molar-refractivity contribution >= 4 is 12.1 Å². The number of hydrogen-bond acceptors (Lipinski definition) is 5. The molecular formula is C24H19FN4O3. The van der Waals surface area contributed by atoms with Gasteiger partial charge >= 0.3 is 0 Å². The van der Waals surface area contributed by atoms with Gasteiger partial charge in [-0.3, -0.25) is 4.79 Å². The fourth-order valence-electron chi connectivity index (χ4n) is 3.07. The van der Waals surface area contributed by atoms with E-state index in [4.69, 9.17) is 4.74 Å². The van der Waals surface area contributed by atoms with E-state index in [0.29, 0.717) is 22.6 Å². The van der Waals surface area contributed by atoms with E-state index in [1.165, 1.54) is 31.5 Å². The number of carbonyl (C=O) groups is 1. The molecule has 7 nitrogen and oxygen atoms in total. The highest BCUT2D eigenvalue weighted by Gasteiger charge is 2.18. The topological polar surface area (TPSA) is 88.7 Å². The highest BCUT2D eigenvalue weighted by atomic mass is 19.1. The van der Waals surface area contributed by atoms with Crippen LogP contribution >= 0.6 is 0 Å². The number of methoxy groups -OCH3 is 1. The SMILES string of the molecule is COc1cc(C=NNC(=O)c2cn(-c3ccccc3)nc2-c2ccc(F)cc2)ccc1O. The second-order valence-corrected chi connectivity index (χ2v) is 6.81. The third-order valence-corrected chi connectivity index (χ3v) is 4.68. The third kappa shape index (κ3) is 4.49. The van der Waals surface area contributed by atoms with Crippen molar-refractivity contribution in [2.45, 2.75) is 0 Å². The predicted molar refractivity (Wildman–Crippen MR) is 119 cm³/mol. The number of hydrogen-bond donors (Lipinski definition) is 2. The van der Waals surface area contributed by atoms with Gasteiger partial charge < -0.3 is 9.84 Å². The number of phenols is 1. The summed E-state index contributed by atoms with van der Waals surface area (Å²) in [6.07, 6.45) is 3.03. The Hall–Kier alpha value is -4.46. The molecule has 0 unspecified atom stereocenters. The van der Waals surface area contributed by atoms with Crippen LogP contribution in [-0.2, 0) is 0 Å². The molecule has 4 rings (SSSR count). The van der Waals surface area contributed by atoms with Crippen molar-refractivity contribution in [3.8, 4) is 28.4 Å².